The summed E-state index contributed by atoms with van der Waals surface area (Å²) in [5.41, 5.74) is 7.11. The molecule has 0 aliphatic heterocycles. The van der Waals surface area contributed by atoms with Crippen LogP contribution >= 0.6 is 0 Å². The van der Waals surface area contributed by atoms with Gasteiger partial charge in [-0.25, -0.2) is 4.98 Å². The molecular formula is C18H14F3N3O. The number of nitrogens with one attached hydrogen (secondary N) is 1. The molecule has 7 heteroatoms. The van der Waals surface area contributed by atoms with E-state index in [0.717, 1.165) is 12.1 Å². The number of carbonyl (C=O) groups excluding carboxylic acids is 1. The number of hydrogen-bond donors (Lipinski definition) is 2. The summed E-state index contributed by atoms with van der Waals surface area (Å²) in [7, 11) is 0. The molecule has 0 atom stereocenters. The van der Waals surface area contributed by atoms with E-state index in [9.17, 15) is 18.0 Å². The van der Waals surface area contributed by atoms with E-state index in [0.29, 0.717) is 33.3 Å². The van der Waals surface area contributed by atoms with E-state index in [1.165, 1.54) is 18.3 Å². The SMILES string of the molecule is Cc1cc(-c2cnc3[nH]cc(C=CC(N)=O)c3c2)cc(C(F)(F)F)c1. The molecule has 25 heavy (non-hydrogen) atoms. The molecule has 0 fully saturated rings. The number of primary amides is 1. The van der Waals surface area contributed by atoms with Gasteiger partial charge in [-0.1, -0.05) is 6.07 Å². The van der Waals surface area contributed by atoms with Gasteiger partial charge in [0.1, 0.15) is 5.65 Å². The average molecular weight is 345 g/mol. The summed E-state index contributed by atoms with van der Waals surface area (Å²) in [5.74, 6) is -0.591. The van der Waals surface area contributed by atoms with Crippen LogP contribution in [-0.4, -0.2) is 15.9 Å². The smallest absolute Gasteiger partial charge is 0.366 e. The van der Waals surface area contributed by atoms with Crippen molar-refractivity contribution in [3.05, 3.63) is 59.4 Å². The second-order valence-corrected chi connectivity index (χ2v) is 5.69. The average Bonchev–Trinajstić information content (AvgIpc) is 2.93. The maximum atomic E-state index is 13.0. The number of nitrogens with two attached hydrogens (primary N) is 1. The molecule has 1 aromatic carbocycles. The number of benzene rings is 1. The fourth-order valence-electron chi connectivity index (χ4n) is 2.60. The monoisotopic (exact) mass is 345 g/mol. The summed E-state index contributed by atoms with van der Waals surface area (Å²) in [4.78, 5) is 18.1. The van der Waals surface area contributed by atoms with Crippen molar-refractivity contribution in [1.82, 2.24) is 9.97 Å². The van der Waals surface area contributed by atoms with Crippen molar-refractivity contribution < 1.29 is 18.0 Å². The predicted octanol–water partition coefficient (Wildman–Crippen LogP) is 4.06. The topological polar surface area (TPSA) is 71.8 Å². The highest BCUT2D eigenvalue weighted by atomic mass is 19.4. The molecule has 0 saturated heterocycles. The fraction of sp³-hybridized carbons (Fsp3) is 0.111. The van der Waals surface area contributed by atoms with Crippen LogP contribution in [0.4, 0.5) is 13.2 Å². The Bertz CT molecular complexity index is 987. The van der Waals surface area contributed by atoms with Crippen LogP contribution in [0.1, 0.15) is 16.7 Å². The molecule has 0 bridgehead atoms. The van der Waals surface area contributed by atoms with Gasteiger partial charge in [-0.3, -0.25) is 4.79 Å². The van der Waals surface area contributed by atoms with Crippen LogP contribution in [0.25, 0.3) is 28.2 Å². The minimum absolute atomic E-state index is 0.424. The molecule has 0 saturated carbocycles. The molecule has 3 aromatic rings. The lowest BCUT2D eigenvalue weighted by atomic mass is 10.00. The third-order valence-electron chi connectivity index (χ3n) is 3.73. The van der Waals surface area contributed by atoms with Gasteiger partial charge < -0.3 is 10.7 Å². The fourth-order valence-corrected chi connectivity index (χ4v) is 2.60. The third-order valence-corrected chi connectivity index (χ3v) is 3.73. The number of nitrogens with zero attached hydrogens (tertiary/aromatic N) is 1. The molecule has 0 radical (unpaired) electrons. The molecule has 0 aliphatic rings. The van der Waals surface area contributed by atoms with Crippen LogP contribution in [0.3, 0.4) is 0 Å². The number of aromatic amines is 1. The van der Waals surface area contributed by atoms with E-state index in [1.54, 1.807) is 25.3 Å². The number of alkyl halides is 3. The second kappa shape index (κ2) is 6.08. The molecule has 2 heterocycles. The number of rotatable bonds is 3. The zero-order valence-electron chi connectivity index (χ0n) is 13.2. The minimum Gasteiger partial charge on any atom is -0.366 e. The Kier molecular flexibility index (Phi) is 4.08. The lowest BCUT2D eigenvalue weighted by Crippen LogP contribution is -2.05. The molecule has 0 unspecified atom stereocenters. The van der Waals surface area contributed by atoms with Crippen molar-refractivity contribution in [3.63, 3.8) is 0 Å². The third kappa shape index (κ3) is 3.55. The van der Waals surface area contributed by atoms with Gasteiger partial charge in [-0.15, -0.1) is 0 Å². The summed E-state index contributed by atoms with van der Waals surface area (Å²) in [6.07, 6.45) is 1.49. The molecule has 3 N–H and O–H groups in total. The number of amides is 1. The highest BCUT2D eigenvalue weighted by Gasteiger charge is 2.31. The summed E-state index contributed by atoms with van der Waals surface area (Å²) < 4.78 is 39.1. The van der Waals surface area contributed by atoms with Crippen molar-refractivity contribution in [1.29, 1.82) is 0 Å². The number of H-pyrrole nitrogens is 1. The summed E-state index contributed by atoms with van der Waals surface area (Å²) >= 11 is 0. The predicted molar refractivity (Wildman–Crippen MR) is 89.5 cm³/mol. The summed E-state index contributed by atoms with van der Waals surface area (Å²) in [6.45, 7) is 1.61. The van der Waals surface area contributed by atoms with E-state index < -0.39 is 17.6 Å². The molecule has 0 spiro atoms. The zero-order chi connectivity index (χ0) is 18.2. The van der Waals surface area contributed by atoms with Crippen molar-refractivity contribution >= 4 is 23.0 Å². The Balaban J connectivity index is 2.12. The number of pyridine rings is 1. The lowest BCUT2D eigenvalue weighted by Gasteiger charge is -2.11. The maximum Gasteiger partial charge on any atom is 0.416 e. The first-order valence-corrected chi connectivity index (χ1v) is 7.38. The minimum atomic E-state index is -4.41. The number of halogens is 3. The Morgan fingerprint density at radius 2 is 1.96 bits per heavy atom. The van der Waals surface area contributed by atoms with Gasteiger partial charge in [-0.2, -0.15) is 13.2 Å². The normalized spacial score (nSPS) is 12.2. The first-order chi connectivity index (χ1) is 11.7. The van der Waals surface area contributed by atoms with Crippen LogP contribution in [-0.2, 0) is 11.0 Å². The van der Waals surface area contributed by atoms with Crippen LogP contribution < -0.4 is 5.73 Å². The molecule has 4 nitrogen and oxygen atoms in total. The van der Waals surface area contributed by atoms with Crippen LogP contribution in [0, 0.1) is 6.92 Å². The zero-order valence-corrected chi connectivity index (χ0v) is 13.2. The van der Waals surface area contributed by atoms with Gasteiger partial charge in [0, 0.05) is 35.0 Å². The van der Waals surface area contributed by atoms with Crippen LogP contribution in [0.15, 0.2) is 42.7 Å². The highest BCUT2D eigenvalue weighted by Crippen LogP contribution is 2.34. The van der Waals surface area contributed by atoms with Gasteiger partial charge in [0.25, 0.3) is 0 Å². The first kappa shape index (κ1) is 16.8. The highest BCUT2D eigenvalue weighted by molar-refractivity contribution is 5.95. The molecular weight excluding hydrogens is 331 g/mol. The summed E-state index contributed by atoms with van der Waals surface area (Å²) in [6, 6.07) is 5.60. The Morgan fingerprint density at radius 3 is 2.64 bits per heavy atom. The Labute approximate surface area is 141 Å². The van der Waals surface area contributed by atoms with Crippen molar-refractivity contribution in [2.75, 3.05) is 0 Å². The molecule has 3 rings (SSSR count). The number of aromatic nitrogens is 2. The maximum absolute atomic E-state index is 13.0. The summed E-state index contributed by atoms with van der Waals surface area (Å²) in [5, 5.41) is 0.685. The number of carbonyl (C=O) groups is 1. The molecule has 2 aromatic heterocycles. The largest absolute Gasteiger partial charge is 0.416 e. The van der Waals surface area contributed by atoms with Crippen LogP contribution in [0.5, 0.6) is 0 Å². The van der Waals surface area contributed by atoms with Gasteiger partial charge in [0.05, 0.1) is 5.56 Å². The Hall–Kier alpha value is -3.09. The van der Waals surface area contributed by atoms with Crippen molar-refractivity contribution in [3.8, 4) is 11.1 Å². The van der Waals surface area contributed by atoms with E-state index in [-0.39, 0.29) is 0 Å². The number of aryl methyl sites for hydroxylation is 1. The molecule has 0 aliphatic carbocycles. The van der Waals surface area contributed by atoms with Gasteiger partial charge in [-0.05, 0) is 42.3 Å². The van der Waals surface area contributed by atoms with E-state index in [4.69, 9.17) is 5.73 Å². The second-order valence-electron chi connectivity index (χ2n) is 5.69. The van der Waals surface area contributed by atoms with Crippen molar-refractivity contribution in [2.45, 2.75) is 13.1 Å². The van der Waals surface area contributed by atoms with E-state index in [1.807, 2.05) is 0 Å². The van der Waals surface area contributed by atoms with E-state index >= 15 is 0 Å². The first-order valence-electron chi connectivity index (χ1n) is 7.38. The number of fused-ring (bicyclic) bond motifs is 1. The Morgan fingerprint density at radius 1 is 1.20 bits per heavy atom. The van der Waals surface area contributed by atoms with Gasteiger partial charge in [0.2, 0.25) is 5.91 Å². The van der Waals surface area contributed by atoms with Gasteiger partial charge >= 0.3 is 6.18 Å². The van der Waals surface area contributed by atoms with Gasteiger partial charge in [0.15, 0.2) is 0 Å². The molecule has 1 amide bonds. The van der Waals surface area contributed by atoms with E-state index in [2.05, 4.69) is 9.97 Å². The quantitative estimate of drug-likeness (QED) is 0.703. The standard InChI is InChI=1S/C18H14F3N3O/c1-10-4-12(6-14(5-10)18(19,20)21)13-7-15-11(2-3-16(22)25)8-23-17(15)24-9-13/h2-9H,1H3,(H2,22,25)(H,23,24). The van der Waals surface area contributed by atoms with Crippen LogP contribution in [0.2, 0.25) is 0 Å². The molecule has 128 valence electrons. The number of hydrogen-bond acceptors (Lipinski definition) is 2. The van der Waals surface area contributed by atoms with Crippen molar-refractivity contribution in [2.24, 2.45) is 5.73 Å². The lowest BCUT2D eigenvalue weighted by molar-refractivity contribution is -0.137.